The lowest BCUT2D eigenvalue weighted by Crippen LogP contribution is -2.27. The lowest BCUT2D eigenvalue weighted by Gasteiger charge is -2.15. The normalized spacial score (nSPS) is 13.1. The minimum atomic E-state index is -0.313. The summed E-state index contributed by atoms with van der Waals surface area (Å²) >= 11 is 0. The third-order valence-corrected chi connectivity index (χ3v) is 7.55. The molecule has 0 radical (unpaired) electrons. The molecule has 0 aliphatic heterocycles. The van der Waals surface area contributed by atoms with Crippen LogP contribution in [0.1, 0.15) is 63.3 Å². The van der Waals surface area contributed by atoms with Crippen molar-refractivity contribution in [2.75, 3.05) is 0 Å². The summed E-state index contributed by atoms with van der Waals surface area (Å²) in [7, 11) is 0. The van der Waals surface area contributed by atoms with Crippen molar-refractivity contribution in [3.05, 3.63) is 140 Å². The summed E-state index contributed by atoms with van der Waals surface area (Å²) in [6, 6.07) is 28.9. The van der Waals surface area contributed by atoms with Crippen LogP contribution in [0, 0.1) is 36.8 Å². The Morgan fingerprint density at radius 2 is 1.24 bits per heavy atom. The smallest absolute Gasteiger partial charge is 0.126 e. The van der Waals surface area contributed by atoms with Crippen LogP contribution in [0.5, 0.6) is 0 Å². The molecule has 5 aromatic carbocycles. The molecule has 0 bridgehead atoms. The van der Waals surface area contributed by atoms with E-state index in [1.54, 1.807) is 25.1 Å². The fourth-order valence-corrected chi connectivity index (χ4v) is 5.81. The molecule has 1 nitrogen and oxygen atoms in total. The summed E-state index contributed by atoms with van der Waals surface area (Å²) in [5.41, 5.74) is 6.70. The Morgan fingerprint density at radius 3 is 1.83 bits per heavy atom. The van der Waals surface area contributed by atoms with Crippen LogP contribution < -0.4 is 10.4 Å². The molecular formula is C39H37F2N. The number of nitrogens with zero attached hydrogens (tertiary/aromatic N) is 1. The lowest BCUT2D eigenvalue weighted by atomic mass is 9.87. The summed E-state index contributed by atoms with van der Waals surface area (Å²) in [6.07, 6.45) is 0.531. The molecule has 6 rings (SSSR count). The van der Waals surface area contributed by atoms with Crippen molar-refractivity contribution in [2.24, 2.45) is 0 Å². The van der Waals surface area contributed by atoms with Crippen LogP contribution in [0.4, 0.5) is 8.78 Å². The predicted octanol–water partition coefficient (Wildman–Crippen LogP) is 9.58. The van der Waals surface area contributed by atoms with E-state index in [4.69, 9.17) is 0 Å². The average molecular weight is 558 g/mol. The molecule has 3 heteroatoms. The third-order valence-electron chi connectivity index (χ3n) is 7.55. The van der Waals surface area contributed by atoms with E-state index in [0.29, 0.717) is 17.6 Å². The highest BCUT2D eigenvalue weighted by molar-refractivity contribution is 6.15. The Kier molecular flexibility index (Phi) is 9.38. The van der Waals surface area contributed by atoms with E-state index in [1.165, 1.54) is 18.2 Å². The van der Waals surface area contributed by atoms with Crippen molar-refractivity contribution in [3.63, 3.8) is 0 Å². The van der Waals surface area contributed by atoms with Gasteiger partial charge in [0.15, 0.2) is 0 Å². The van der Waals surface area contributed by atoms with E-state index in [-0.39, 0.29) is 11.6 Å². The Labute approximate surface area is 247 Å². The van der Waals surface area contributed by atoms with Crippen LogP contribution in [0.3, 0.4) is 0 Å². The van der Waals surface area contributed by atoms with Gasteiger partial charge in [0, 0.05) is 11.1 Å². The van der Waals surface area contributed by atoms with Crippen LogP contribution >= 0.6 is 0 Å². The molecule has 5 aromatic rings. The topological polar surface area (TPSA) is 23.8 Å². The number of rotatable bonds is 3. The fraction of sp³-hybridized carbons (Fsp3) is 0.205. The maximum absolute atomic E-state index is 14.4. The number of halogens is 2. The van der Waals surface area contributed by atoms with E-state index in [9.17, 15) is 14.0 Å². The Morgan fingerprint density at radius 1 is 0.667 bits per heavy atom. The van der Waals surface area contributed by atoms with Gasteiger partial charge in [-0.2, -0.15) is 5.26 Å². The number of benzene rings is 5. The fourth-order valence-electron chi connectivity index (χ4n) is 5.81. The SMILES string of the molecule is CC.CC.CC/C(C#N)=C1/C(c2ccc(F)c(C)c2)=c2c(c3ccc(C)cc3c3ccccc23)=C1c1ccc(F)cc1. The molecule has 212 valence electrons. The molecule has 0 heterocycles. The van der Waals surface area contributed by atoms with Crippen LogP contribution in [0.15, 0.2) is 96.1 Å². The zero-order valence-corrected chi connectivity index (χ0v) is 25.5. The number of fused-ring (bicyclic) bond motifs is 6. The number of allylic oxidation sites excluding steroid dienone is 2. The number of hydrogen-bond acceptors (Lipinski definition) is 1. The van der Waals surface area contributed by atoms with Gasteiger partial charge in [-0.15, -0.1) is 0 Å². The highest BCUT2D eigenvalue weighted by atomic mass is 19.1. The maximum Gasteiger partial charge on any atom is 0.126 e. The zero-order valence-electron chi connectivity index (χ0n) is 25.5. The van der Waals surface area contributed by atoms with Crippen LogP contribution in [-0.4, -0.2) is 0 Å². The Balaban J connectivity index is 0.000000972. The molecule has 1 aliphatic carbocycles. The average Bonchev–Trinajstić information content (AvgIpc) is 3.38. The second-order valence-corrected chi connectivity index (χ2v) is 9.88. The first-order chi connectivity index (χ1) is 20.4. The Hall–Kier alpha value is -4.55. The first-order valence-corrected chi connectivity index (χ1v) is 14.8. The van der Waals surface area contributed by atoms with Crippen molar-refractivity contribution in [1.29, 1.82) is 5.26 Å². The monoisotopic (exact) mass is 557 g/mol. The van der Waals surface area contributed by atoms with E-state index in [1.807, 2.05) is 52.8 Å². The van der Waals surface area contributed by atoms with Gasteiger partial charge in [0.2, 0.25) is 0 Å². The van der Waals surface area contributed by atoms with Crippen molar-refractivity contribution in [3.8, 4) is 6.07 Å². The van der Waals surface area contributed by atoms with Gasteiger partial charge in [0.25, 0.3) is 0 Å². The van der Waals surface area contributed by atoms with Gasteiger partial charge in [-0.05, 0) is 104 Å². The van der Waals surface area contributed by atoms with E-state index in [0.717, 1.165) is 65.4 Å². The van der Waals surface area contributed by atoms with Crippen LogP contribution in [0.25, 0.3) is 32.7 Å². The zero-order chi connectivity index (χ0) is 30.6. The molecule has 42 heavy (non-hydrogen) atoms. The molecule has 1 aliphatic rings. The minimum Gasteiger partial charge on any atom is -0.207 e. The molecule has 0 spiro atoms. The largest absolute Gasteiger partial charge is 0.207 e. The summed E-state index contributed by atoms with van der Waals surface area (Å²) in [6.45, 7) is 13.8. The van der Waals surface area contributed by atoms with Crippen LogP contribution in [-0.2, 0) is 0 Å². The van der Waals surface area contributed by atoms with Gasteiger partial charge in [0.05, 0.1) is 6.07 Å². The van der Waals surface area contributed by atoms with Crippen molar-refractivity contribution in [2.45, 2.75) is 54.9 Å². The second kappa shape index (κ2) is 13.0. The predicted molar refractivity (Wildman–Crippen MR) is 174 cm³/mol. The van der Waals surface area contributed by atoms with Gasteiger partial charge in [-0.3, -0.25) is 0 Å². The molecule has 0 saturated carbocycles. The first-order valence-electron chi connectivity index (χ1n) is 14.8. The molecule has 0 unspecified atom stereocenters. The van der Waals surface area contributed by atoms with E-state index < -0.39 is 0 Å². The maximum atomic E-state index is 14.4. The molecular weight excluding hydrogens is 520 g/mol. The van der Waals surface area contributed by atoms with Crippen molar-refractivity contribution in [1.82, 2.24) is 0 Å². The molecule has 0 fully saturated rings. The lowest BCUT2D eigenvalue weighted by molar-refractivity contribution is 0.618. The van der Waals surface area contributed by atoms with Crippen molar-refractivity contribution < 1.29 is 8.78 Å². The number of nitriles is 1. The van der Waals surface area contributed by atoms with Crippen molar-refractivity contribution >= 4 is 32.7 Å². The third kappa shape index (κ3) is 5.14. The van der Waals surface area contributed by atoms with E-state index in [2.05, 4.69) is 43.3 Å². The van der Waals surface area contributed by atoms with E-state index >= 15 is 0 Å². The van der Waals surface area contributed by atoms with Gasteiger partial charge in [-0.1, -0.05) is 101 Å². The van der Waals surface area contributed by atoms with Crippen LogP contribution in [0.2, 0.25) is 0 Å². The van der Waals surface area contributed by atoms with Gasteiger partial charge >= 0.3 is 0 Å². The summed E-state index contributed by atoms with van der Waals surface area (Å²) < 4.78 is 28.5. The van der Waals surface area contributed by atoms with Gasteiger partial charge in [0.1, 0.15) is 11.6 Å². The standard InChI is InChI=1S/C35H25F2N.2C2H6/c1-4-22(19-38)31-32(23-10-13-25(36)14-11-23)35-28-15-9-20(2)17-29(28)26-7-5-6-8-27(26)34(35)33(31)24-12-16-30(37)21(3)18-24;2*1-2/h5-18H,4H2,1-3H3;2*1-2H3/b31-22-;;. The van der Waals surface area contributed by atoms with Gasteiger partial charge in [-0.25, -0.2) is 8.78 Å². The summed E-state index contributed by atoms with van der Waals surface area (Å²) in [4.78, 5) is 0. The first kappa shape index (κ1) is 30.4. The molecule has 0 amide bonds. The second-order valence-electron chi connectivity index (χ2n) is 9.88. The number of aryl methyl sites for hydroxylation is 2. The van der Waals surface area contributed by atoms with Gasteiger partial charge < -0.3 is 0 Å². The highest BCUT2D eigenvalue weighted by Crippen LogP contribution is 2.39. The molecule has 0 atom stereocenters. The molecule has 0 saturated heterocycles. The summed E-state index contributed by atoms with van der Waals surface area (Å²) in [5.74, 6) is -0.581. The quantitative estimate of drug-likeness (QED) is 0.160. The highest BCUT2D eigenvalue weighted by Gasteiger charge is 2.28. The molecule has 0 aromatic heterocycles. The number of hydrogen-bond donors (Lipinski definition) is 0. The molecule has 0 N–H and O–H groups in total. The minimum absolute atomic E-state index is 0.268. The Bertz CT molecular complexity index is 1990. The summed E-state index contributed by atoms with van der Waals surface area (Å²) in [5, 5.41) is 16.8.